The highest BCUT2D eigenvalue weighted by Gasteiger charge is 2.23. The summed E-state index contributed by atoms with van der Waals surface area (Å²) in [6, 6.07) is 5.20. The minimum Gasteiger partial charge on any atom is -0.489 e. The van der Waals surface area contributed by atoms with E-state index in [1.807, 2.05) is 12.1 Å². The van der Waals surface area contributed by atoms with Crippen molar-refractivity contribution in [1.29, 1.82) is 0 Å². The molecule has 1 heterocycles. The van der Waals surface area contributed by atoms with Crippen molar-refractivity contribution < 1.29 is 18.3 Å². The summed E-state index contributed by atoms with van der Waals surface area (Å²) < 4.78 is 35.2. The molecule has 0 atom stereocenters. The van der Waals surface area contributed by atoms with Crippen LogP contribution in [0.5, 0.6) is 11.5 Å². The third-order valence-electron chi connectivity index (χ3n) is 3.80. The number of anilines is 1. The van der Waals surface area contributed by atoms with Crippen molar-refractivity contribution in [3.63, 3.8) is 0 Å². The van der Waals surface area contributed by atoms with Gasteiger partial charge in [-0.05, 0) is 30.9 Å². The van der Waals surface area contributed by atoms with Crippen molar-refractivity contribution in [1.82, 2.24) is 5.32 Å². The van der Waals surface area contributed by atoms with Crippen LogP contribution in [0.4, 0.5) is 14.5 Å². The van der Waals surface area contributed by atoms with Gasteiger partial charge in [0, 0.05) is 37.9 Å². The lowest BCUT2D eigenvalue weighted by Gasteiger charge is -2.30. The summed E-state index contributed by atoms with van der Waals surface area (Å²) in [7, 11) is 0. The van der Waals surface area contributed by atoms with E-state index in [9.17, 15) is 8.78 Å². The molecule has 2 fully saturated rings. The van der Waals surface area contributed by atoms with E-state index in [1.165, 1.54) is 0 Å². The van der Waals surface area contributed by atoms with Crippen molar-refractivity contribution in [2.24, 2.45) is 5.92 Å². The zero-order valence-corrected chi connectivity index (χ0v) is 11.9. The van der Waals surface area contributed by atoms with E-state index in [0.717, 1.165) is 44.7 Å². The number of piperazine rings is 1. The van der Waals surface area contributed by atoms with Crippen LogP contribution in [0.3, 0.4) is 0 Å². The molecule has 1 aliphatic heterocycles. The molecule has 0 radical (unpaired) electrons. The lowest BCUT2D eigenvalue weighted by atomic mass is 10.2. The normalized spacial score (nSPS) is 18.9. The Kier molecular flexibility index (Phi) is 4.43. The summed E-state index contributed by atoms with van der Waals surface area (Å²) in [6.07, 6.45) is 2.31. The molecular formula is C15H20F2N2O2. The molecular weight excluding hydrogens is 278 g/mol. The molecule has 0 spiro atoms. The summed E-state index contributed by atoms with van der Waals surface area (Å²) in [5, 5.41) is 3.29. The smallest absolute Gasteiger partial charge is 0.387 e. The Hall–Kier alpha value is -1.56. The second kappa shape index (κ2) is 6.47. The first-order valence-electron chi connectivity index (χ1n) is 7.40. The number of halogens is 2. The Balaban J connectivity index is 1.75. The van der Waals surface area contributed by atoms with Gasteiger partial charge in [0.2, 0.25) is 0 Å². The van der Waals surface area contributed by atoms with Gasteiger partial charge in [0.05, 0.1) is 6.61 Å². The monoisotopic (exact) mass is 298 g/mol. The fourth-order valence-corrected chi connectivity index (χ4v) is 2.41. The van der Waals surface area contributed by atoms with Crippen LogP contribution in [0.25, 0.3) is 0 Å². The Morgan fingerprint density at radius 1 is 1.19 bits per heavy atom. The summed E-state index contributed by atoms with van der Waals surface area (Å²) in [5.41, 5.74) is 0.990. The van der Waals surface area contributed by atoms with Crippen LogP contribution >= 0.6 is 0 Å². The number of nitrogens with one attached hydrogen (secondary N) is 1. The van der Waals surface area contributed by atoms with E-state index >= 15 is 0 Å². The summed E-state index contributed by atoms with van der Waals surface area (Å²) in [4.78, 5) is 2.21. The predicted octanol–water partition coefficient (Wildman–Crippen LogP) is 2.49. The Bertz CT molecular complexity index is 475. The standard InChI is InChI=1S/C15H20F2N2O2/c16-15(17)21-13-4-3-12(19-7-5-18-6-8-19)9-14(13)20-10-11-1-2-11/h3-4,9,11,15,18H,1-2,5-8,10H2. The average Bonchev–Trinajstić information content (AvgIpc) is 3.31. The fraction of sp³-hybridized carbons (Fsp3) is 0.600. The highest BCUT2D eigenvalue weighted by atomic mass is 19.3. The van der Waals surface area contributed by atoms with Gasteiger partial charge in [-0.1, -0.05) is 0 Å². The van der Waals surface area contributed by atoms with Gasteiger partial charge in [0.25, 0.3) is 0 Å². The molecule has 21 heavy (non-hydrogen) atoms. The largest absolute Gasteiger partial charge is 0.489 e. The summed E-state index contributed by atoms with van der Waals surface area (Å²) in [6.45, 7) is 1.39. The van der Waals surface area contributed by atoms with Crippen molar-refractivity contribution >= 4 is 5.69 Å². The van der Waals surface area contributed by atoms with Crippen molar-refractivity contribution in [2.45, 2.75) is 19.5 Å². The molecule has 6 heteroatoms. The molecule has 116 valence electrons. The number of benzene rings is 1. The zero-order valence-electron chi connectivity index (χ0n) is 11.9. The van der Waals surface area contributed by atoms with Crippen LogP contribution in [0.15, 0.2) is 18.2 Å². The number of alkyl halides is 2. The van der Waals surface area contributed by atoms with Gasteiger partial charge in [-0.3, -0.25) is 0 Å². The lowest BCUT2D eigenvalue weighted by molar-refractivity contribution is -0.0515. The minimum absolute atomic E-state index is 0.115. The van der Waals surface area contributed by atoms with E-state index in [1.54, 1.807) is 6.07 Å². The SMILES string of the molecule is FC(F)Oc1ccc(N2CCNCC2)cc1OCC1CC1. The molecule has 1 aliphatic carbocycles. The number of nitrogens with zero attached hydrogens (tertiary/aromatic N) is 1. The number of hydrogen-bond acceptors (Lipinski definition) is 4. The molecule has 1 saturated heterocycles. The Morgan fingerprint density at radius 3 is 2.62 bits per heavy atom. The first kappa shape index (κ1) is 14.4. The average molecular weight is 298 g/mol. The fourth-order valence-electron chi connectivity index (χ4n) is 2.41. The quantitative estimate of drug-likeness (QED) is 0.875. The highest BCUT2D eigenvalue weighted by Crippen LogP contribution is 2.36. The maximum absolute atomic E-state index is 12.5. The molecule has 4 nitrogen and oxygen atoms in total. The van der Waals surface area contributed by atoms with Gasteiger partial charge in [0.15, 0.2) is 11.5 Å². The first-order valence-corrected chi connectivity index (χ1v) is 7.40. The third kappa shape index (κ3) is 3.97. The van der Waals surface area contributed by atoms with E-state index in [0.29, 0.717) is 18.3 Å². The molecule has 0 amide bonds. The molecule has 1 saturated carbocycles. The maximum Gasteiger partial charge on any atom is 0.387 e. The second-order valence-electron chi connectivity index (χ2n) is 5.50. The van der Waals surface area contributed by atoms with Crippen molar-refractivity contribution in [3.8, 4) is 11.5 Å². The number of ether oxygens (including phenoxy) is 2. The summed E-state index contributed by atoms with van der Waals surface area (Å²) in [5.74, 6) is 1.09. The molecule has 0 aromatic heterocycles. The first-order chi connectivity index (χ1) is 10.2. The second-order valence-corrected chi connectivity index (χ2v) is 5.50. The third-order valence-corrected chi connectivity index (χ3v) is 3.80. The van der Waals surface area contributed by atoms with Crippen LogP contribution in [0.2, 0.25) is 0 Å². The van der Waals surface area contributed by atoms with Crippen molar-refractivity contribution in [2.75, 3.05) is 37.7 Å². The lowest BCUT2D eigenvalue weighted by Crippen LogP contribution is -2.43. The van der Waals surface area contributed by atoms with Gasteiger partial charge < -0.3 is 19.7 Å². The van der Waals surface area contributed by atoms with E-state index in [4.69, 9.17) is 4.74 Å². The van der Waals surface area contributed by atoms with Crippen LogP contribution in [-0.4, -0.2) is 39.4 Å². The summed E-state index contributed by atoms with van der Waals surface area (Å²) >= 11 is 0. The number of rotatable bonds is 6. The van der Waals surface area contributed by atoms with Gasteiger partial charge in [-0.2, -0.15) is 8.78 Å². The van der Waals surface area contributed by atoms with Gasteiger partial charge in [-0.15, -0.1) is 0 Å². The predicted molar refractivity (Wildman–Crippen MR) is 76.4 cm³/mol. The minimum atomic E-state index is -2.83. The van der Waals surface area contributed by atoms with Crippen LogP contribution < -0.4 is 19.7 Å². The topological polar surface area (TPSA) is 33.7 Å². The molecule has 3 rings (SSSR count). The van der Waals surface area contributed by atoms with E-state index in [2.05, 4.69) is 15.0 Å². The van der Waals surface area contributed by atoms with Crippen molar-refractivity contribution in [3.05, 3.63) is 18.2 Å². The van der Waals surface area contributed by atoms with Gasteiger partial charge in [-0.25, -0.2) is 0 Å². The van der Waals surface area contributed by atoms with Gasteiger partial charge in [0.1, 0.15) is 0 Å². The molecule has 0 unspecified atom stereocenters. The molecule has 1 aromatic rings. The molecule has 1 N–H and O–H groups in total. The highest BCUT2D eigenvalue weighted by molar-refractivity contribution is 5.56. The van der Waals surface area contributed by atoms with E-state index < -0.39 is 6.61 Å². The Morgan fingerprint density at radius 2 is 1.95 bits per heavy atom. The zero-order chi connectivity index (χ0) is 14.7. The molecule has 1 aromatic carbocycles. The molecule has 2 aliphatic rings. The van der Waals surface area contributed by atoms with E-state index in [-0.39, 0.29) is 5.75 Å². The number of hydrogen-bond donors (Lipinski definition) is 1. The van der Waals surface area contributed by atoms with Crippen LogP contribution in [0, 0.1) is 5.92 Å². The Labute approximate surface area is 123 Å². The van der Waals surface area contributed by atoms with Gasteiger partial charge >= 0.3 is 6.61 Å². The van der Waals surface area contributed by atoms with Crippen LogP contribution in [-0.2, 0) is 0 Å². The maximum atomic E-state index is 12.5. The molecule has 0 bridgehead atoms. The van der Waals surface area contributed by atoms with Crippen LogP contribution in [0.1, 0.15) is 12.8 Å².